The van der Waals surface area contributed by atoms with Crippen LogP contribution in [0.2, 0.25) is 5.15 Å². The van der Waals surface area contributed by atoms with Crippen LogP contribution in [-0.2, 0) is 20.0 Å². The molecule has 3 rings (SSSR count). The molecule has 3 aromatic rings. The van der Waals surface area contributed by atoms with Crippen LogP contribution < -0.4 is 5.32 Å². The smallest absolute Gasteiger partial charge is 0.138 e. The molecule has 1 N–H and O–H groups in total. The van der Waals surface area contributed by atoms with Gasteiger partial charge < -0.3 is 5.32 Å². The van der Waals surface area contributed by atoms with E-state index in [1.54, 1.807) is 0 Å². The van der Waals surface area contributed by atoms with Crippen LogP contribution in [0.1, 0.15) is 23.9 Å². The van der Waals surface area contributed by atoms with E-state index in [9.17, 15) is 0 Å². The summed E-state index contributed by atoms with van der Waals surface area (Å²) in [6.07, 6.45) is 2.80. The summed E-state index contributed by atoms with van der Waals surface area (Å²) in [7, 11) is 1.93. The molecule has 0 aliphatic carbocycles. The second-order valence-electron chi connectivity index (χ2n) is 5.64. The molecule has 2 aromatic heterocycles. The van der Waals surface area contributed by atoms with Crippen molar-refractivity contribution in [1.82, 2.24) is 19.7 Å². The Balaban J connectivity index is 1.89. The number of benzene rings is 1. The first-order chi connectivity index (χ1) is 11.6. The van der Waals surface area contributed by atoms with Gasteiger partial charge in [-0.15, -0.1) is 0 Å². The number of hydrogen-bond acceptors (Lipinski definition) is 4. The van der Waals surface area contributed by atoms with E-state index in [2.05, 4.69) is 32.5 Å². The van der Waals surface area contributed by atoms with Crippen LogP contribution in [0.25, 0.3) is 11.3 Å². The Morgan fingerprint density at radius 1 is 1.17 bits per heavy atom. The van der Waals surface area contributed by atoms with Crippen molar-refractivity contribution < 1.29 is 0 Å². The molecule has 0 aliphatic rings. The number of hydrogen-bond donors (Lipinski definition) is 1. The summed E-state index contributed by atoms with van der Waals surface area (Å²) in [5.74, 6) is 1.45. The summed E-state index contributed by atoms with van der Waals surface area (Å²) in [6.45, 7) is 4.51. The average Bonchev–Trinajstić information content (AvgIpc) is 2.94. The van der Waals surface area contributed by atoms with Gasteiger partial charge in [-0.1, -0.05) is 48.9 Å². The van der Waals surface area contributed by atoms with Crippen LogP contribution in [0.5, 0.6) is 0 Å². The van der Waals surface area contributed by atoms with Crippen molar-refractivity contribution in [3.05, 3.63) is 58.6 Å². The highest BCUT2D eigenvalue weighted by Crippen LogP contribution is 2.25. The van der Waals surface area contributed by atoms with Crippen molar-refractivity contribution in [2.24, 2.45) is 7.05 Å². The topological polar surface area (TPSA) is 55.6 Å². The minimum atomic E-state index is 0.516. The van der Waals surface area contributed by atoms with Crippen LogP contribution >= 0.6 is 11.6 Å². The van der Waals surface area contributed by atoms with Gasteiger partial charge >= 0.3 is 0 Å². The number of aryl methyl sites for hydroxylation is 2. The molecule has 0 saturated heterocycles. The second kappa shape index (κ2) is 7.01. The van der Waals surface area contributed by atoms with Crippen LogP contribution in [0.4, 0.5) is 5.82 Å². The fraction of sp³-hybridized carbons (Fsp3) is 0.278. The molecule has 0 amide bonds. The maximum absolute atomic E-state index is 6.24. The SMILES string of the molecule is CCc1c(Cl)nc(C)nc1NCc1cn(C)nc1-c1ccccc1. The Labute approximate surface area is 146 Å². The first-order valence-electron chi connectivity index (χ1n) is 7.93. The highest BCUT2D eigenvalue weighted by molar-refractivity contribution is 6.30. The third-order valence-electron chi connectivity index (χ3n) is 3.82. The molecule has 24 heavy (non-hydrogen) atoms. The predicted molar refractivity (Wildman–Crippen MR) is 97.1 cm³/mol. The highest BCUT2D eigenvalue weighted by atomic mass is 35.5. The van der Waals surface area contributed by atoms with E-state index in [1.165, 1.54) is 0 Å². The summed E-state index contributed by atoms with van der Waals surface area (Å²) in [5, 5.41) is 8.50. The van der Waals surface area contributed by atoms with E-state index in [0.29, 0.717) is 17.5 Å². The molecule has 0 radical (unpaired) electrons. The fourth-order valence-electron chi connectivity index (χ4n) is 2.71. The minimum absolute atomic E-state index is 0.516. The lowest BCUT2D eigenvalue weighted by atomic mass is 10.1. The zero-order valence-corrected chi connectivity index (χ0v) is 14.8. The Hall–Kier alpha value is -2.40. The minimum Gasteiger partial charge on any atom is -0.365 e. The third kappa shape index (κ3) is 3.41. The lowest BCUT2D eigenvalue weighted by molar-refractivity contribution is 0.770. The van der Waals surface area contributed by atoms with Gasteiger partial charge in [-0.3, -0.25) is 4.68 Å². The molecule has 0 fully saturated rings. The molecule has 0 atom stereocenters. The Kier molecular flexibility index (Phi) is 4.81. The van der Waals surface area contributed by atoms with Gasteiger partial charge in [-0.2, -0.15) is 5.10 Å². The van der Waals surface area contributed by atoms with E-state index in [4.69, 9.17) is 11.6 Å². The maximum Gasteiger partial charge on any atom is 0.138 e. The van der Waals surface area contributed by atoms with Crippen molar-refractivity contribution in [1.29, 1.82) is 0 Å². The van der Waals surface area contributed by atoms with Gasteiger partial charge in [-0.25, -0.2) is 9.97 Å². The van der Waals surface area contributed by atoms with E-state index >= 15 is 0 Å². The van der Waals surface area contributed by atoms with Crippen molar-refractivity contribution in [3.63, 3.8) is 0 Å². The second-order valence-corrected chi connectivity index (χ2v) is 6.00. The van der Waals surface area contributed by atoms with E-state index < -0.39 is 0 Å². The number of nitrogens with zero attached hydrogens (tertiary/aromatic N) is 4. The van der Waals surface area contributed by atoms with Crippen LogP contribution in [0, 0.1) is 6.92 Å². The monoisotopic (exact) mass is 341 g/mol. The predicted octanol–water partition coefficient (Wildman–Crippen LogP) is 4.01. The van der Waals surface area contributed by atoms with Crippen molar-refractivity contribution in [2.75, 3.05) is 5.32 Å². The molecule has 0 saturated carbocycles. The summed E-state index contributed by atoms with van der Waals surface area (Å²) < 4.78 is 1.83. The van der Waals surface area contributed by atoms with Crippen molar-refractivity contribution >= 4 is 17.4 Å². The lowest BCUT2D eigenvalue weighted by Gasteiger charge is -2.12. The summed E-state index contributed by atoms with van der Waals surface area (Å²) >= 11 is 6.24. The molecule has 1 aromatic carbocycles. The Morgan fingerprint density at radius 3 is 2.62 bits per heavy atom. The molecule has 0 bridgehead atoms. The van der Waals surface area contributed by atoms with Crippen molar-refractivity contribution in [2.45, 2.75) is 26.8 Å². The third-order valence-corrected chi connectivity index (χ3v) is 4.13. The molecule has 5 nitrogen and oxygen atoms in total. The molecule has 0 unspecified atom stereocenters. The van der Waals surface area contributed by atoms with E-state index in [1.807, 2.05) is 50.0 Å². The number of anilines is 1. The normalized spacial score (nSPS) is 10.8. The number of nitrogens with one attached hydrogen (secondary N) is 1. The van der Waals surface area contributed by atoms with Gasteiger partial charge in [0, 0.05) is 36.5 Å². The van der Waals surface area contributed by atoms with Crippen LogP contribution in [0.3, 0.4) is 0 Å². The van der Waals surface area contributed by atoms with Crippen LogP contribution in [0.15, 0.2) is 36.5 Å². The summed E-state index contributed by atoms with van der Waals surface area (Å²) in [4.78, 5) is 8.72. The standard InChI is InChI=1S/C18H20ClN5/c1-4-15-17(19)21-12(2)22-18(15)20-10-14-11-24(3)23-16(14)13-8-6-5-7-9-13/h5-9,11H,4,10H2,1-3H3,(H,20,21,22). The van der Waals surface area contributed by atoms with Gasteiger partial charge in [0.1, 0.15) is 16.8 Å². The lowest BCUT2D eigenvalue weighted by Crippen LogP contribution is -2.07. The fourth-order valence-corrected chi connectivity index (χ4v) is 3.05. The van der Waals surface area contributed by atoms with E-state index in [-0.39, 0.29) is 0 Å². The quantitative estimate of drug-likeness (QED) is 0.712. The van der Waals surface area contributed by atoms with Gasteiger partial charge in [-0.05, 0) is 13.3 Å². The van der Waals surface area contributed by atoms with E-state index in [0.717, 1.165) is 34.6 Å². The Morgan fingerprint density at radius 2 is 1.92 bits per heavy atom. The number of halogens is 1. The Bertz CT molecular complexity index is 842. The van der Waals surface area contributed by atoms with Crippen LogP contribution in [-0.4, -0.2) is 19.7 Å². The van der Waals surface area contributed by atoms with Gasteiger partial charge in [0.05, 0.1) is 5.69 Å². The van der Waals surface area contributed by atoms with Gasteiger partial charge in [0.2, 0.25) is 0 Å². The summed E-state index contributed by atoms with van der Waals surface area (Å²) in [5.41, 5.74) is 4.12. The number of aromatic nitrogens is 4. The highest BCUT2D eigenvalue weighted by Gasteiger charge is 2.13. The van der Waals surface area contributed by atoms with Gasteiger partial charge in [0.15, 0.2) is 0 Å². The molecular weight excluding hydrogens is 322 g/mol. The molecule has 0 spiro atoms. The van der Waals surface area contributed by atoms with Gasteiger partial charge in [0.25, 0.3) is 0 Å². The largest absolute Gasteiger partial charge is 0.365 e. The van der Waals surface area contributed by atoms with Crippen molar-refractivity contribution in [3.8, 4) is 11.3 Å². The first-order valence-corrected chi connectivity index (χ1v) is 8.31. The summed E-state index contributed by atoms with van der Waals surface area (Å²) in [6, 6.07) is 10.2. The molecular formula is C18H20ClN5. The molecule has 0 aliphatic heterocycles. The molecule has 2 heterocycles. The number of rotatable bonds is 5. The first kappa shape index (κ1) is 16.5. The zero-order valence-electron chi connectivity index (χ0n) is 14.0. The molecule has 6 heteroatoms. The maximum atomic E-state index is 6.24. The average molecular weight is 342 g/mol. The zero-order chi connectivity index (χ0) is 17.1. The molecule has 124 valence electrons.